The number of pyridine rings is 1. The van der Waals surface area contributed by atoms with Crippen LogP contribution in [0.5, 0.6) is 0 Å². The van der Waals surface area contributed by atoms with E-state index >= 15 is 0 Å². The molecule has 1 amide bonds. The molecule has 0 aromatic carbocycles. The zero-order chi connectivity index (χ0) is 13.0. The van der Waals surface area contributed by atoms with Gasteiger partial charge < -0.3 is 9.88 Å². The molecule has 0 unspecified atom stereocenters. The first kappa shape index (κ1) is 13.3. The van der Waals surface area contributed by atoms with E-state index in [2.05, 4.69) is 20.9 Å². The molecule has 0 atom stereocenters. The fourth-order valence-corrected chi connectivity index (χ4v) is 2.37. The second-order valence-corrected chi connectivity index (χ2v) is 5.34. The van der Waals surface area contributed by atoms with Crippen LogP contribution in [0.3, 0.4) is 0 Å². The van der Waals surface area contributed by atoms with Crippen molar-refractivity contribution in [2.45, 2.75) is 31.7 Å². The van der Waals surface area contributed by atoms with Crippen molar-refractivity contribution < 1.29 is 4.79 Å². The van der Waals surface area contributed by atoms with Crippen molar-refractivity contribution in [3.63, 3.8) is 0 Å². The van der Waals surface area contributed by atoms with Crippen LogP contribution in [-0.4, -0.2) is 33.7 Å². The summed E-state index contributed by atoms with van der Waals surface area (Å²) < 4.78 is 0. The van der Waals surface area contributed by atoms with Crippen molar-refractivity contribution in [2.24, 2.45) is 0 Å². The first-order valence-corrected chi connectivity index (χ1v) is 7.40. The molecule has 98 valence electrons. The molecule has 1 aromatic rings. The number of hydrogen-bond acceptors (Lipinski definition) is 2. The standard InChI is InChI=1S/C13H17BrN2O2/c14-6-2-8-16(10-3-1-4-10)13(18)11-9-15-7-5-12(11)17/h5,7,9-10H,1-4,6,8H2,(H,15,17). The second-order valence-electron chi connectivity index (χ2n) is 4.55. The number of nitrogens with zero attached hydrogens (tertiary/aromatic N) is 1. The van der Waals surface area contributed by atoms with Crippen molar-refractivity contribution in [3.05, 3.63) is 34.2 Å². The smallest absolute Gasteiger partial charge is 0.259 e. The highest BCUT2D eigenvalue weighted by Gasteiger charge is 2.29. The van der Waals surface area contributed by atoms with Crippen LogP contribution in [0.2, 0.25) is 0 Å². The van der Waals surface area contributed by atoms with E-state index in [1.807, 2.05) is 4.90 Å². The van der Waals surface area contributed by atoms with Crippen molar-refractivity contribution in [2.75, 3.05) is 11.9 Å². The van der Waals surface area contributed by atoms with Gasteiger partial charge >= 0.3 is 0 Å². The van der Waals surface area contributed by atoms with Crippen LogP contribution in [0.4, 0.5) is 0 Å². The molecule has 0 aliphatic heterocycles. The highest BCUT2D eigenvalue weighted by Crippen LogP contribution is 2.26. The number of amides is 1. The van der Waals surface area contributed by atoms with Gasteiger partial charge in [0.25, 0.3) is 5.91 Å². The highest BCUT2D eigenvalue weighted by atomic mass is 79.9. The Balaban J connectivity index is 2.17. The number of alkyl halides is 1. The number of carbonyl (C=O) groups is 1. The Morgan fingerprint density at radius 3 is 2.83 bits per heavy atom. The van der Waals surface area contributed by atoms with Gasteiger partial charge in [0.05, 0.1) is 0 Å². The third-order valence-electron chi connectivity index (χ3n) is 3.36. The maximum atomic E-state index is 12.4. The summed E-state index contributed by atoms with van der Waals surface area (Å²) in [5.41, 5.74) is 0.0425. The first-order chi connectivity index (χ1) is 8.74. The van der Waals surface area contributed by atoms with Crippen molar-refractivity contribution >= 4 is 21.8 Å². The van der Waals surface area contributed by atoms with Gasteiger partial charge in [0.1, 0.15) is 5.56 Å². The molecular weight excluding hydrogens is 296 g/mol. The topological polar surface area (TPSA) is 53.2 Å². The van der Waals surface area contributed by atoms with E-state index < -0.39 is 0 Å². The van der Waals surface area contributed by atoms with Gasteiger partial charge in [0, 0.05) is 36.4 Å². The number of aromatic nitrogens is 1. The Morgan fingerprint density at radius 1 is 1.50 bits per heavy atom. The average Bonchev–Trinajstić information content (AvgIpc) is 2.32. The molecule has 1 fully saturated rings. The average molecular weight is 313 g/mol. The minimum Gasteiger partial charge on any atom is -0.367 e. The lowest BCUT2D eigenvalue weighted by atomic mass is 9.91. The molecular formula is C13H17BrN2O2. The third kappa shape index (κ3) is 2.83. The Morgan fingerprint density at radius 2 is 2.28 bits per heavy atom. The molecule has 1 aliphatic carbocycles. The SMILES string of the molecule is O=C(c1c[nH]ccc1=O)N(CCCBr)C1CCC1. The van der Waals surface area contributed by atoms with Gasteiger partial charge in [-0.2, -0.15) is 0 Å². The molecule has 0 spiro atoms. The molecule has 2 rings (SSSR count). The maximum absolute atomic E-state index is 12.4. The van der Waals surface area contributed by atoms with E-state index in [9.17, 15) is 9.59 Å². The lowest BCUT2D eigenvalue weighted by molar-refractivity contribution is 0.0579. The predicted octanol–water partition coefficient (Wildman–Crippen LogP) is 2.15. The largest absolute Gasteiger partial charge is 0.367 e. The van der Waals surface area contributed by atoms with Crippen LogP contribution in [0.1, 0.15) is 36.0 Å². The molecule has 18 heavy (non-hydrogen) atoms. The zero-order valence-corrected chi connectivity index (χ0v) is 11.8. The summed E-state index contributed by atoms with van der Waals surface area (Å²) in [6, 6.07) is 1.72. The molecule has 0 radical (unpaired) electrons. The number of halogens is 1. The predicted molar refractivity (Wildman–Crippen MR) is 74.1 cm³/mol. The molecule has 1 saturated carbocycles. The Bertz CT molecular complexity index is 468. The summed E-state index contributed by atoms with van der Waals surface area (Å²) in [5.74, 6) is -0.137. The van der Waals surface area contributed by atoms with Gasteiger partial charge in [-0.05, 0) is 25.7 Å². The van der Waals surface area contributed by atoms with Crippen LogP contribution in [0, 0.1) is 0 Å². The fourth-order valence-electron chi connectivity index (χ4n) is 2.12. The summed E-state index contributed by atoms with van der Waals surface area (Å²) in [6.07, 6.45) is 7.24. The number of nitrogens with one attached hydrogen (secondary N) is 1. The van der Waals surface area contributed by atoms with Gasteiger partial charge in [-0.25, -0.2) is 0 Å². The van der Waals surface area contributed by atoms with Crippen LogP contribution < -0.4 is 5.43 Å². The molecule has 4 nitrogen and oxygen atoms in total. The van der Waals surface area contributed by atoms with E-state index in [-0.39, 0.29) is 16.9 Å². The van der Waals surface area contributed by atoms with E-state index in [4.69, 9.17) is 0 Å². The molecule has 1 N–H and O–H groups in total. The van der Waals surface area contributed by atoms with E-state index in [0.29, 0.717) is 12.6 Å². The van der Waals surface area contributed by atoms with Gasteiger partial charge in [0.15, 0.2) is 5.43 Å². The number of carbonyl (C=O) groups excluding carboxylic acids is 1. The Labute approximate surface area is 115 Å². The van der Waals surface area contributed by atoms with Crippen LogP contribution in [-0.2, 0) is 0 Å². The summed E-state index contributed by atoms with van der Waals surface area (Å²) in [6.45, 7) is 0.711. The lowest BCUT2D eigenvalue weighted by Crippen LogP contribution is -2.46. The number of H-pyrrole nitrogens is 1. The molecule has 1 aliphatic rings. The van der Waals surface area contributed by atoms with Crippen molar-refractivity contribution in [3.8, 4) is 0 Å². The minimum absolute atomic E-state index is 0.137. The number of hydrogen-bond donors (Lipinski definition) is 1. The van der Waals surface area contributed by atoms with Gasteiger partial charge in [-0.3, -0.25) is 9.59 Å². The Hall–Kier alpha value is -1.10. The van der Waals surface area contributed by atoms with E-state index in [1.54, 1.807) is 6.20 Å². The van der Waals surface area contributed by atoms with E-state index in [0.717, 1.165) is 24.6 Å². The summed E-state index contributed by atoms with van der Waals surface area (Å²) in [5, 5.41) is 0.870. The Kier molecular flexibility index (Phi) is 4.58. The van der Waals surface area contributed by atoms with Gasteiger partial charge in [-0.1, -0.05) is 15.9 Å². The number of aromatic amines is 1. The first-order valence-electron chi connectivity index (χ1n) is 6.28. The van der Waals surface area contributed by atoms with Crippen LogP contribution >= 0.6 is 15.9 Å². The quantitative estimate of drug-likeness (QED) is 0.847. The molecule has 1 heterocycles. The lowest BCUT2D eigenvalue weighted by Gasteiger charge is -2.37. The van der Waals surface area contributed by atoms with Crippen molar-refractivity contribution in [1.82, 2.24) is 9.88 Å². The normalized spacial score (nSPS) is 15.2. The molecule has 0 saturated heterocycles. The zero-order valence-electron chi connectivity index (χ0n) is 10.2. The summed E-state index contributed by atoms with van der Waals surface area (Å²) in [4.78, 5) is 28.8. The second kappa shape index (κ2) is 6.18. The summed E-state index contributed by atoms with van der Waals surface area (Å²) in [7, 11) is 0. The van der Waals surface area contributed by atoms with Gasteiger partial charge in [0.2, 0.25) is 0 Å². The summed E-state index contributed by atoms with van der Waals surface area (Å²) >= 11 is 3.38. The minimum atomic E-state index is -0.207. The molecule has 0 bridgehead atoms. The molecule has 5 heteroatoms. The third-order valence-corrected chi connectivity index (χ3v) is 3.92. The fraction of sp³-hybridized carbons (Fsp3) is 0.538. The molecule has 1 aromatic heterocycles. The van der Waals surface area contributed by atoms with E-state index in [1.165, 1.54) is 18.7 Å². The maximum Gasteiger partial charge on any atom is 0.259 e. The van der Waals surface area contributed by atoms with Crippen LogP contribution in [0.25, 0.3) is 0 Å². The number of rotatable bonds is 5. The van der Waals surface area contributed by atoms with Crippen LogP contribution in [0.15, 0.2) is 23.3 Å². The van der Waals surface area contributed by atoms with Gasteiger partial charge in [-0.15, -0.1) is 0 Å². The van der Waals surface area contributed by atoms with Crippen molar-refractivity contribution in [1.29, 1.82) is 0 Å². The monoisotopic (exact) mass is 312 g/mol. The highest BCUT2D eigenvalue weighted by molar-refractivity contribution is 9.09.